The predicted molar refractivity (Wildman–Crippen MR) is 77.7 cm³/mol. The van der Waals surface area contributed by atoms with Gasteiger partial charge >= 0.3 is 0 Å². The van der Waals surface area contributed by atoms with Crippen LogP contribution in [0.5, 0.6) is 5.75 Å². The van der Waals surface area contributed by atoms with Gasteiger partial charge < -0.3 is 9.84 Å². The van der Waals surface area contributed by atoms with Crippen LogP contribution in [0.15, 0.2) is 48.5 Å². The molecule has 2 aromatic carbocycles. The molecule has 21 heavy (non-hydrogen) atoms. The van der Waals surface area contributed by atoms with E-state index in [1.165, 1.54) is 12.1 Å². The number of aryl methyl sites for hydroxylation is 1. The summed E-state index contributed by atoms with van der Waals surface area (Å²) in [6, 6.07) is 13.5. The smallest absolute Gasteiger partial charge is 0.263 e. The summed E-state index contributed by atoms with van der Waals surface area (Å²) in [6.07, 6.45) is -2.10. The molecule has 2 aromatic rings. The lowest BCUT2D eigenvalue weighted by Gasteiger charge is -2.12. The van der Waals surface area contributed by atoms with Crippen molar-refractivity contribution in [3.63, 3.8) is 0 Å². The fourth-order valence-electron chi connectivity index (χ4n) is 2.16. The van der Waals surface area contributed by atoms with Crippen LogP contribution in [0.1, 0.15) is 35.6 Å². The molecule has 0 aliphatic rings. The van der Waals surface area contributed by atoms with Crippen LogP contribution in [0.3, 0.4) is 0 Å². The second-order valence-electron chi connectivity index (χ2n) is 4.87. The Morgan fingerprint density at radius 2 is 1.71 bits per heavy atom. The van der Waals surface area contributed by atoms with Crippen molar-refractivity contribution in [2.45, 2.75) is 25.4 Å². The Labute approximate surface area is 123 Å². The average molecular weight is 292 g/mol. The minimum atomic E-state index is -2.52. The van der Waals surface area contributed by atoms with Crippen molar-refractivity contribution in [3.05, 3.63) is 65.2 Å². The first-order valence-corrected chi connectivity index (χ1v) is 6.79. The Hall–Kier alpha value is -1.94. The van der Waals surface area contributed by atoms with Gasteiger partial charge in [0.2, 0.25) is 0 Å². The maximum atomic E-state index is 12.6. The van der Waals surface area contributed by atoms with Crippen LogP contribution in [-0.4, -0.2) is 12.2 Å². The molecule has 0 saturated carbocycles. The molecule has 2 rings (SSSR count). The third kappa shape index (κ3) is 4.26. The molecule has 0 aliphatic heterocycles. The zero-order valence-corrected chi connectivity index (χ0v) is 11.8. The summed E-state index contributed by atoms with van der Waals surface area (Å²) in [6.45, 7) is 0. The molecule has 2 nitrogen and oxygen atoms in total. The van der Waals surface area contributed by atoms with Crippen molar-refractivity contribution in [1.29, 1.82) is 0 Å². The maximum absolute atomic E-state index is 12.6. The van der Waals surface area contributed by atoms with Crippen LogP contribution < -0.4 is 4.74 Å². The maximum Gasteiger partial charge on any atom is 0.263 e. The quantitative estimate of drug-likeness (QED) is 0.860. The van der Waals surface area contributed by atoms with Crippen molar-refractivity contribution in [1.82, 2.24) is 0 Å². The van der Waals surface area contributed by atoms with Crippen LogP contribution in [0.4, 0.5) is 8.78 Å². The molecule has 0 bridgehead atoms. The molecular formula is C17H18F2O2. The van der Waals surface area contributed by atoms with Gasteiger partial charge in [-0.05, 0) is 42.2 Å². The lowest BCUT2D eigenvalue weighted by molar-refractivity contribution is 0.149. The van der Waals surface area contributed by atoms with Crippen molar-refractivity contribution in [2.24, 2.45) is 0 Å². The molecule has 0 heterocycles. The normalized spacial score (nSPS) is 12.4. The summed E-state index contributed by atoms with van der Waals surface area (Å²) < 4.78 is 30.4. The van der Waals surface area contributed by atoms with Gasteiger partial charge in [0, 0.05) is 5.56 Å². The molecule has 0 aliphatic carbocycles. The zero-order chi connectivity index (χ0) is 15.2. The van der Waals surface area contributed by atoms with Crippen molar-refractivity contribution < 1.29 is 18.6 Å². The van der Waals surface area contributed by atoms with Gasteiger partial charge in [-0.1, -0.05) is 30.3 Å². The summed E-state index contributed by atoms with van der Waals surface area (Å²) in [5.74, 6) is 0.781. The fourth-order valence-corrected chi connectivity index (χ4v) is 2.16. The van der Waals surface area contributed by atoms with E-state index < -0.39 is 12.5 Å². The first kappa shape index (κ1) is 15.4. The molecule has 1 unspecified atom stereocenters. The van der Waals surface area contributed by atoms with E-state index >= 15 is 0 Å². The number of halogens is 2. The second kappa shape index (κ2) is 7.18. The SMILES string of the molecule is COc1ccc(CCC(O)c2cccc(C(F)F)c2)cc1. The van der Waals surface area contributed by atoms with Crippen molar-refractivity contribution in [2.75, 3.05) is 7.11 Å². The first-order chi connectivity index (χ1) is 10.1. The van der Waals surface area contributed by atoms with Gasteiger partial charge in [-0.25, -0.2) is 8.78 Å². The monoisotopic (exact) mass is 292 g/mol. The number of methoxy groups -OCH3 is 1. The van der Waals surface area contributed by atoms with E-state index in [1.807, 2.05) is 24.3 Å². The zero-order valence-electron chi connectivity index (χ0n) is 11.8. The first-order valence-electron chi connectivity index (χ1n) is 6.79. The topological polar surface area (TPSA) is 29.5 Å². The van der Waals surface area contributed by atoms with Crippen molar-refractivity contribution >= 4 is 0 Å². The van der Waals surface area contributed by atoms with Crippen LogP contribution in [0, 0.1) is 0 Å². The number of hydrogen-bond donors (Lipinski definition) is 1. The molecule has 0 amide bonds. The number of aliphatic hydroxyl groups is 1. The molecule has 0 spiro atoms. The Balaban J connectivity index is 1.97. The van der Waals surface area contributed by atoms with Crippen molar-refractivity contribution in [3.8, 4) is 5.75 Å². The summed E-state index contributed by atoms with van der Waals surface area (Å²) in [7, 11) is 1.61. The number of hydrogen-bond acceptors (Lipinski definition) is 2. The van der Waals surface area contributed by atoms with E-state index in [1.54, 1.807) is 19.2 Å². The van der Waals surface area contributed by atoms with Gasteiger partial charge in [0.05, 0.1) is 13.2 Å². The van der Waals surface area contributed by atoms with Gasteiger partial charge in [0.1, 0.15) is 5.75 Å². The molecule has 1 atom stereocenters. The van der Waals surface area contributed by atoms with E-state index in [0.717, 1.165) is 11.3 Å². The number of aliphatic hydroxyl groups excluding tert-OH is 1. The van der Waals surface area contributed by atoms with E-state index in [2.05, 4.69) is 0 Å². The number of rotatable bonds is 6. The van der Waals surface area contributed by atoms with Gasteiger partial charge in [0.25, 0.3) is 6.43 Å². The van der Waals surface area contributed by atoms with Gasteiger partial charge in [-0.3, -0.25) is 0 Å². The van der Waals surface area contributed by atoms with Crippen LogP contribution in [0.25, 0.3) is 0 Å². The van der Waals surface area contributed by atoms with Gasteiger partial charge in [-0.2, -0.15) is 0 Å². The standard InChI is InChI=1S/C17H18F2O2/c1-21-15-8-5-12(6-9-15)7-10-16(20)13-3-2-4-14(11-13)17(18)19/h2-6,8-9,11,16-17,20H,7,10H2,1H3. The summed E-state index contributed by atoms with van der Waals surface area (Å²) in [5, 5.41) is 10.1. The summed E-state index contributed by atoms with van der Waals surface area (Å²) in [4.78, 5) is 0. The highest BCUT2D eigenvalue weighted by atomic mass is 19.3. The average Bonchev–Trinajstić information content (AvgIpc) is 2.53. The summed E-state index contributed by atoms with van der Waals surface area (Å²) in [5.41, 5.74) is 1.54. The Kier molecular flexibility index (Phi) is 5.28. The molecule has 0 saturated heterocycles. The highest BCUT2D eigenvalue weighted by Crippen LogP contribution is 2.25. The second-order valence-corrected chi connectivity index (χ2v) is 4.87. The van der Waals surface area contributed by atoms with Crippen LogP contribution >= 0.6 is 0 Å². The Morgan fingerprint density at radius 1 is 1.05 bits per heavy atom. The predicted octanol–water partition coefficient (Wildman–Crippen LogP) is 4.30. The number of alkyl halides is 2. The number of ether oxygens (including phenoxy) is 1. The third-order valence-corrected chi connectivity index (χ3v) is 3.41. The molecule has 0 aromatic heterocycles. The van der Waals surface area contributed by atoms with Crippen LogP contribution in [0.2, 0.25) is 0 Å². The molecule has 0 radical (unpaired) electrons. The van der Waals surface area contributed by atoms with E-state index in [0.29, 0.717) is 18.4 Å². The largest absolute Gasteiger partial charge is 0.497 e. The van der Waals surface area contributed by atoms with Gasteiger partial charge in [0.15, 0.2) is 0 Å². The summed E-state index contributed by atoms with van der Waals surface area (Å²) >= 11 is 0. The highest BCUT2D eigenvalue weighted by Gasteiger charge is 2.12. The molecule has 4 heteroatoms. The molecular weight excluding hydrogens is 274 g/mol. The Bertz CT molecular complexity index is 567. The fraction of sp³-hybridized carbons (Fsp3) is 0.294. The van der Waals surface area contributed by atoms with Crippen LogP contribution in [-0.2, 0) is 6.42 Å². The number of benzene rings is 2. The third-order valence-electron chi connectivity index (χ3n) is 3.41. The van der Waals surface area contributed by atoms with E-state index in [9.17, 15) is 13.9 Å². The lowest BCUT2D eigenvalue weighted by Crippen LogP contribution is -2.01. The molecule has 0 fully saturated rings. The molecule has 112 valence electrons. The van der Waals surface area contributed by atoms with E-state index in [-0.39, 0.29) is 5.56 Å². The Morgan fingerprint density at radius 3 is 2.33 bits per heavy atom. The lowest BCUT2D eigenvalue weighted by atomic mass is 10.00. The minimum absolute atomic E-state index is 0.0593. The van der Waals surface area contributed by atoms with E-state index in [4.69, 9.17) is 4.74 Å². The van der Waals surface area contributed by atoms with Gasteiger partial charge in [-0.15, -0.1) is 0 Å². The molecule has 1 N–H and O–H groups in total. The highest BCUT2D eigenvalue weighted by molar-refractivity contribution is 5.28. The minimum Gasteiger partial charge on any atom is -0.497 e.